The zero-order valence-corrected chi connectivity index (χ0v) is 14.4. The van der Waals surface area contributed by atoms with E-state index in [1.54, 1.807) is 0 Å². The van der Waals surface area contributed by atoms with Crippen molar-refractivity contribution in [2.45, 2.75) is 44.7 Å². The van der Waals surface area contributed by atoms with E-state index in [4.69, 9.17) is 0 Å². The van der Waals surface area contributed by atoms with Crippen LogP contribution in [0.1, 0.15) is 44.2 Å². The molecule has 0 radical (unpaired) electrons. The highest BCUT2D eigenvalue weighted by Crippen LogP contribution is 2.30. The minimum absolute atomic E-state index is 0.291. The maximum atomic E-state index is 9.48. The number of halogens is 2. The van der Waals surface area contributed by atoms with E-state index in [1.807, 2.05) is 0 Å². The molecule has 2 nitrogen and oxygen atoms in total. The molecule has 0 aromatic heterocycles. The first kappa shape index (κ1) is 15.5. The second-order valence-electron chi connectivity index (χ2n) is 5.39. The van der Waals surface area contributed by atoms with Crippen LogP contribution >= 0.6 is 31.9 Å². The van der Waals surface area contributed by atoms with E-state index < -0.39 is 0 Å². The Hall–Kier alpha value is 0.1000. The Labute approximate surface area is 132 Å². The Bertz CT molecular complexity index is 425. The monoisotopic (exact) mass is 389 g/mol. The molecule has 1 aliphatic carbocycles. The van der Waals surface area contributed by atoms with Crippen LogP contribution < -0.4 is 5.32 Å². The quantitative estimate of drug-likeness (QED) is 0.797. The number of hydrogen-bond acceptors (Lipinski definition) is 2. The molecule has 0 amide bonds. The maximum absolute atomic E-state index is 9.48. The summed E-state index contributed by atoms with van der Waals surface area (Å²) < 4.78 is 2.21. The summed E-state index contributed by atoms with van der Waals surface area (Å²) in [4.78, 5) is 0. The van der Waals surface area contributed by atoms with Crippen molar-refractivity contribution >= 4 is 31.9 Å². The maximum Gasteiger partial charge on any atom is 0.0474 e. The van der Waals surface area contributed by atoms with Crippen molar-refractivity contribution in [3.8, 4) is 0 Å². The van der Waals surface area contributed by atoms with Gasteiger partial charge in [0, 0.05) is 27.6 Å². The molecular formula is C15H21Br2NO. The average Bonchev–Trinajstić information content (AvgIpc) is 2.39. The number of aliphatic hydroxyl groups is 1. The zero-order chi connectivity index (χ0) is 13.8. The van der Waals surface area contributed by atoms with Gasteiger partial charge in [-0.25, -0.2) is 0 Å². The van der Waals surface area contributed by atoms with Crippen molar-refractivity contribution in [1.29, 1.82) is 0 Å². The summed E-state index contributed by atoms with van der Waals surface area (Å²) in [6.45, 7) is 2.49. The summed E-state index contributed by atoms with van der Waals surface area (Å²) in [5, 5.41) is 13.2. The molecule has 106 valence electrons. The van der Waals surface area contributed by atoms with Crippen LogP contribution in [0, 0.1) is 5.92 Å². The van der Waals surface area contributed by atoms with Crippen molar-refractivity contribution in [3.63, 3.8) is 0 Å². The third kappa shape index (κ3) is 4.03. The van der Waals surface area contributed by atoms with Crippen LogP contribution in [0.4, 0.5) is 0 Å². The van der Waals surface area contributed by atoms with E-state index in [0.717, 1.165) is 15.4 Å². The normalized spacial score (nSPS) is 25.3. The molecule has 19 heavy (non-hydrogen) atoms. The molecule has 0 heterocycles. The zero-order valence-electron chi connectivity index (χ0n) is 11.2. The van der Waals surface area contributed by atoms with E-state index in [2.05, 4.69) is 62.3 Å². The van der Waals surface area contributed by atoms with Gasteiger partial charge in [0.1, 0.15) is 0 Å². The third-order valence-electron chi connectivity index (χ3n) is 4.04. The summed E-state index contributed by atoms with van der Waals surface area (Å²) in [5.41, 5.74) is 1.27. The number of hydrogen-bond donors (Lipinski definition) is 2. The minimum Gasteiger partial charge on any atom is -0.396 e. The first-order chi connectivity index (χ1) is 9.11. The number of aliphatic hydroxyl groups excluding tert-OH is 1. The van der Waals surface area contributed by atoms with Crippen molar-refractivity contribution in [2.75, 3.05) is 6.61 Å². The summed E-state index contributed by atoms with van der Waals surface area (Å²) >= 11 is 7.11. The van der Waals surface area contributed by atoms with Crippen molar-refractivity contribution in [1.82, 2.24) is 5.32 Å². The van der Waals surface area contributed by atoms with Gasteiger partial charge < -0.3 is 10.4 Å². The van der Waals surface area contributed by atoms with Gasteiger partial charge in [-0.15, -0.1) is 0 Å². The Morgan fingerprint density at radius 1 is 1.32 bits per heavy atom. The highest BCUT2D eigenvalue weighted by atomic mass is 79.9. The van der Waals surface area contributed by atoms with Gasteiger partial charge >= 0.3 is 0 Å². The van der Waals surface area contributed by atoms with E-state index in [0.29, 0.717) is 24.6 Å². The molecule has 2 rings (SSSR count). The molecule has 0 saturated heterocycles. The summed E-state index contributed by atoms with van der Waals surface area (Å²) in [6.07, 6.45) is 4.83. The van der Waals surface area contributed by atoms with Gasteiger partial charge in [0.05, 0.1) is 0 Å². The standard InChI is InChI=1S/C15H21Br2NO/c1-10(13-7-6-12(16)8-14(13)17)18-15-5-3-2-4-11(15)9-19/h6-8,10-11,15,18-19H,2-5,9H2,1H3. The molecule has 1 fully saturated rings. The molecule has 0 spiro atoms. The fourth-order valence-electron chi connectivity index (χ4n) is 2.91. The summed E-state index contributed by atoms with van der Waals surface area (Å²) in [5.74, 6) is 0.408. The van der Waals surface area contributed by atoms with Crippen LogP contribution in [-0.4, -0.2) is 17.8 Å². The molecule has 1 aromatic rings. The lowest BCUT2D eigenvalue weighted by atomic mass is 9.84. The predicted molar refractivity (Wildman–Crippen MR) is 86.2 cm³/mol. The molecule has 0 aliphatic heterocycles. The Morgan fingerprint density at radius 2 is 2.05 bits per heavy atom. The lowest BCUT2D eigenvalue weighted by Gasteiger charge is -2.33. The molecule has 4 heteroatoms. The molecule has 2 N–H and O–H groups in total. The van der Waals surface area contributed by atoms with Crippen molar-refractivity contribution < 1.29 is 5.11 Å². The highest BCUT2D eigenvalue weighted by Gasteiger charge is 2.26. The lowest BCUT2D eigenvalue weighted by Crippen LogP contribution is -2.41. The Balaban J connectivity index is 2.05. The van der Waals surface area contributed by atoms with Crippen LogP contribution in [0.3, 0.4) is 0 Å². The smallest absolute Gasteiger partial charge is 0.0474 e. The molecule has 3 unspecified atom stereocenters. The van der Waals surface area contributed by atoms with E-state index in [1.165, 1.54) is 24.8 Å². The van der Waals surface area contributed by atoms with Gasteiger partial charge in [0.15, 0.2) is 0 Å². The van der Waals surface area contributed by atoms with Gasteiger partial charge in [0.2, 0.25) is 0 Å². The largest absolute Gasteiger partial charge is 0.396 e. The number of rotatable bonds is 4. The Kier molecular flexibility index (Phi) is 5.87. The van der Waals surface area contributed by atoms with Crippen molar-refractivity contribution in [2.24, 2.45) is 5.92 Å². The molecule has 1 aliphatic rings. The SMILES string of the molecule is CC(NC1CCCCC1CO)c1ccc(Br)cc1Br. The van der Waals surface area contributed by atoms with E-state index in [-0.39, 0.29) is 0 Å². The third-order valence-corrected chi connectivity index (χ3v) is 5.22. The van der Waals surface area contributed by atoms with Crippen LogP contribution in [0.5, 0.6) is 0 Å². The van der Waals surface area contributed by atoms with Crippen LogP contribution in [0.25, 0.3) is 0 Å². The van der Waals surface area contributed by atoms with E-state index >= 15 is 0 Å². The lowest BCUT2D eigenvalue weighted by molar-refractivity contribution is 0.147. The fraction of sp³-hybridized carbons (Fsp3) is 0.600. The minimum atomic E-state index is 0.291. The summed E-state index contributed by atoms with van der Waals surface area (Å²) in [6, 6.07) is 7.02. The van der Waals surface area contributed by atoms with Gasteiger partial charge in [-0.2, -0.15) is 0 Å². The number of nitrogens with one attached hydrogen (secondary N) is 1. The predicted octanol–water partition coefficient (Wildman–Crippen LogP) is 4.41. The van der Waals surface area contributed by atoms with Crippen molar-refractivity contribution in [3.05, 3.63) is 32.7 Å². The van der Waals surface area contributed by atoms with Gasteiger partial charge in [-0.3, -0.25) is 0 Å². The first-order valence-electron chi connectivity index (χ1n) is 6.93. The van der Waals surface area contributed by atoms with Crippen LogP contribution in [-0.2, 0) is 0 Å². The first-order valence-corrected chi connectivity index (χ1v) is 8.52. The van der Waals surface area contributed by atoms with Crippen LogP contribution in [0.2, 0.25) is 0 Å². The fourth-order valence-corrected chi connectivity index (χ4v) is 4.30. The molecule has 3 atom stereocenters. The van der Waals surface area contributed by atoms with E-state index in [9.17, 15) is 5.11 Å². The molecule has 0 bridgehead atoms. The topological polar surface area (TPSA) is 32.3 Å². The molecule has 1 aromatic carbocycles. The highest BCUT2D eigenvalue weighted by molar-refractivity contribution is 9.11. The number of benzene rings is 1. The second-order valence-corrected chi connectivity index (χ2v) is 7.16. The molecular weight excluding hydrogens is 370 g/mol. The van der Waals surface area contributed by atoms with Crippen LogP contribution in [0.15, 0.2) is 27.1 Å². The van der Waals surface area contributed by atoms with Gasteiger partial charge in [-0.05, 0) is 43.4 Å². The summed E-state index contributed by atoms with van der Waals surface area (Å²) in [7, 11) is 0. The van der Waals surface area contributed by atoms with Gasteiger partial charge in [-0.1, -0.05) is 50.8 Å². The van der Waals surface area contributed by atoms with Gasteiger partial charge in [0.25, 0.3) is 0 Å². The second kappa shape index (κ2) is 7.21. The average molecular weight is 391 g/mol. The Morgan fingerprint density at radius 3 is 2.74 bits per heavy atom. The molecule has 1 saturated carbocycles.